The molecule has 6 rings (SSSR count). The van der Waals surface area contributed by atoms with Gasteiger partial charge in [-0.2, -0.15) is 16.9 Å². The number of rotatable bonds is 4. The van der Waals surface area contributed by atoms with E-state index in [0.29, 0.717) is 35.8 Å². The number of nitrogens with zero attached hydrogens (tertiary/aromatic N) is 4. The van der Waals surface area contributed by atoms with E-state index in [9.17, 15) is 9.90 Å². The second-order valence-electron chi connectivity index (χ2n) is 13.8. The Morgan fingerprint density at radius 3 is 2.81 bits per heavy atom. The van der Waals surface area contributed by atoms with Crippen molar-refractivity contribution in [1.29, 1.82) is 0 Å². The zero-order valence-corrected chi connectivity index (χ0v) is 28.5. The number of aromatic amines is 1. The minimum absolute atomic E-state index is 0.0757. The number of carboxylic acid groups (broad SMARTS) is 1. The summed E-state index contributed by atoms with van der Waals surface area (Å²) >= 11 is 1.88. The van der Waals surface area contributed by atoms with E-state index < -0.39 is 23.1 Å². The second kappa shape index (κ2) is 13.1. The van der Waals surface area contributed by atoms with E-state index >= 15 is 4.39 Å². The third-order valence-electron chi connectivity index (χ3n) is 9.36. The van der Waals surface area contributed by atoms with Crippen LogP contribution in [-0.4, -0.2) is 47.3 Å². The Hall–Kier alpha value is -4.18. The predicted molar refractivity (Wildman–Crippen MR) is 185 cm³/mol. The number of H-pyrrole nitrogens is 1. The van der Waals surface area contributed by atoms with Crippen molar-refractivity contribution in [3.05, 3.63) is 89.4 Å². The predicted octanol–water partition coefficient (Wildman–Crippen LogP) is 8.34. The van der Waals surface area contributed by atoms with Crippen LogP contribution in [0.25, 0.3) is 22.3 Å². The molecule has 0 fully saturated rings. The number of fused-ring (bicyclic) bond motifs is 8. The summed E-state index contributed by atoms with van der Waals surface area (Å²) in [6.45, 7) is 8.54. The molecule has 0 spiro atoms. The van der Waals surface area contributed by atoms with Gasteiger partial charge in [-0.1, -0.05) is 51.5 Å². The number of hydrogen-bond acceptors (Lipinski definition) is 6. The summed E-state index contributed by atoms with van der Waals surface area (Å²) in [6, 6.07) is 13.5. The first-order chi connectivity index (χ1) is 22.4. The van der Waals surface area contributed by atoms with Crippen molar-refractivity contribution >= 4 is 28.6 Å². The van der Waals surface area contributed by atoms with Crippen LogP contribution in [-0.2, 0) is 30.1 Å². The number of benzene rings is 2. The Bertz CT molecular complexity index is 1920. The fraction of sp³-hybridized carbons (Fsp3) is 0.405. The average Bonchev–Trinajstić information content (AvgIpc) is 3.66. The molecular formula is C37H42FN5O3S. The van der Waals surface area contributed by atoms with Crippen molar-refractivity contribution in [2.75, 3.05) is 11.5 Å². The molecule has 47 heavy (non-hydrogen) atoms. The summed E-state index contributed by atoms with van der Waals surface area (Å²) in [4.78, 5) is 24.3. The van der Waals surface area contributed by atoms with Gasteiger partial charge in [0.05, 0.1) is 17.5 Å². The Balaban J connectivity index is 1.44. The molecule has 1 unspecified atom stereocenters. The second-order valence-corrected chi connectivity index (χ2v) is 14.9. The molecule has 0 amide bonds. The molecule has 0 aliphatic carbocycles. The highest BCUT2D eigenvalue weighted by Gasteiger charge is 2.35. The molecule has 5 aromatic rings. The summed E-state index contributed by atoms with van der Waals surface area (Å²) in [5, 5.41) is 15.5. The highest BCUT2D eigenvalue weighted by atomic mass is 32.2. The molecule has 8 nitrogen and oxygen atoms in total. The number of nitrogens with one attached hydrogen (secondary N) is 1. The number of halogens is 1. The van der Waals surface area contributed by atoms with Crippen molar-refractivity contribution < 1.29 is 19.0 Å². The normalized spacial score (nSPS) is 19.3. The quantitative estimate of drug-likeness (QED) is 0.200. The van der Waals surface area contributed by atoms with Crippen LogP contribution in [0.3, 0.4) is 0 Å². The largest absolute Gasteiger partial charge is 0.481 e. The summed E-state index contributed by atoms with van der Waals surface area (Å²) in [5.74, 6) is 2.03. The van der Waals surface area contributed by atoms with Crippen LogP contribution < -0.4 is 4.74 Å². The van der Waals surface area contributed by atoms with Gasteiger partial charge < -0.3 is 14.8 Å². The number of aryl methyl sites for hydroxylation is 2. The molecule has 0 radical (unpaired) electrons. The zero-order chi connectivity index (χ0) is 33.3. The topological polar surface area (TPSA) is 106 Å². The van der Waals surface area contributed by atoms with Crippen molar-refractivity contribution in [1.82, 2.24) is 24.7 Å². The number of ether oxygens (including phenoxy) is 1. The van der Waals surface area contributed by atoms with Gasteiger partial charge in [-0.3, -0.25) is 9.78 Å². The van der Waals surface area contributed by atoms with Crippen LogP contribution in [0, 0.1) is 17.2 Å². The summed E-state index contributed by atoms with van der Waals surface area (Å²) < 4.78 is 23.7. The van der Waals surface area contributed by atoms with Crippen LogP contribution in [0.4, 0.5) is 4.39 Å². The smallest absolute Gasteiger partial charge is 0.306 e. The first kappa shape index (κ1) is 32.7. The van der Waals surface area contributed by atoms with E-state index in [-0.39, 0.29) is 11.2 Å². The first-order valence-electron chi connectivity index (χ1n) is 16.2. The van der Waals surface area contributed by atoms with Gasteiger partial charge in [-0.15, -0.1) is 0 Å². The van der Waals surface area contributed by atoms with Gasteiger partial charge in [0.2, 0.25) is 0 Å². The van der Waals surface area contributed by atoms with E-state index in [1.165, 1.54) is 6.07 Å². The molecule has 1 aliphatic rings. The lowest BCUT2D eigenvalue weighted by Gasteiger charge is -2.31. The van der Waals surface area contributed by atoms with E-state index in [0.717, 1.165) is 58.4 Å². The van der Waals surface area contributed by atoms with Crippen LogP contribution in [0.15, 0.2) is 61.1 Å². The number of hydrogen-bond donors (Lipinski definition) is 2. The maximum atomic E-state index is 15.6. The standard InChI is InChI=1S/C37H42FN5O3S/c1-23(34(44)45)16-24-8-6-9-26(17-24)37(4)13-7-12-36(2,3)22-47-15-11-29-28-10-14-40-31(28)19-30(38)32(29)46-27-18-25(20-39-21-27)33-41-35(37)42-43(33)5/h6,8-10,14,17-21,23,40H,7,11-13,15-16,22H2,1-5H3,(H,44,45)/t23?,37-/m1/s1. The monoisotopic (exact) mass is 655 g/mol. The minimum atomic E-state index is -0.808. The van der Waals surface area contributed by atoms with Gasteiger partial charge in [0.15, 0.2) is 23.2 Å². The highest BCUT2D eigenvalue weighted by Crippen LogP contribution is 2.41. The molecular weight excluding hydrogens is 614 g/mol. The van der Waals surface area contributed by atoms with Crippen molar-refractivity contribution in [3.8, 4) is 22.9 Å². The molecule has 0 saturated carbocycles. The van der Waals surface area contributed by atoms with Crippen LogP contribution in [0.2, 0.25) is 0 Å². The van der Waals surface area contributed by atoms with Gasteiger partial charge in [0.1, 0.15) is 5.75 Å². The first-order valence-corrected chi connectivity index (χ1v) is 17.3. The number of carboxylic acids is 1. The maximum absolute atomic E-state index is 15.6. The molecule has 3 aromatic heterocycles. The van der Waals surface area contributed by atoms with E-state index in [1.807, 2.05) is 49.3 Å². The lowest BCUT2D eigenvalue weighted by atomic mass is 9.75. The third kappa shape index (κ3) is 6.93. The lowest BCUT2D eigenvalue weighted by molar-refractivity contribution is -0.141. The van der Waals surface area contributed by atoms with Gasteiger partial charge in [0.25, 0.3) is 0 Å². The zero-order valence-electron chi connectivity index (χ0n) is 27.6. The van der Waals surface area contributed by atoms with Crippen molar-refractivity contribution in [3.63, 3.8) is 0 Å². The molecule has 2 atom stereocenters. The number of thioether (sulfide) groups is 1. The Kier molecular flexibility index (Phi) is 9.16. The summed E-state index contributed by atoms with van der Waals surface area (Å²) in [7, 11) is 1.87. The van der Waals surface area contributed by atoms with E-state index in [1.54, 1.807) is 24.0 Å². The number of carbonyl (C=O) groups is 1. The Labute approximate surface area is 279 Å². The van der Waals surface area contributed by atoms with Gasteiger partial charge in [-0.25, -0.2) is 14.1 Å². The summed E-state index contributed by atoms with van der Waals surface area (Å²) in [6.07, 6.45) is 9.04. The number of pyridine rings is 1. The summed E-state index contributed by atoms with van der Waals surface area (Å²) in [5.41, 5.74) is 3.88. The van der Waals surface area contributed by atoms with Crippen LogP contribution >= 0.6 is 11.8 Å². The van der Waals surface area contributed by atoms with Crippen molar-refractivity contribution in [2.45, 2.75) is 65.2 Å². The Morgan fingerprint density at radius 2 is 2.00 bits per heavy atom. The number of aliphatic carboxylic acids is 1. The fourth-order valence-electron chi connectivity index (χ4n) is 6.55. The molecule has 2 aromatic carbocycles. The molecule has 2 N–H and O–H groups in total. The van der Waals surface area contributed by atoms with Crippen LogP contribution in [0.5, 0.6) is 11.5 Å². The Morgan fingerprint density at radius 1 is 1.17 bits per heavy atom. The fourth-order valence-corrected chi connectivity index (χ4v) is 7.74. The molecule has 4 heterocycles. The van der Waals surface area contributed by atoms with E-state index in [2.05, 4.69) is 42.9 Å². The SMILES string of the molecule is CC(Cc1cccc([C@@]2(C)CCCC(C)(C)CSCCc3c(c(F)cc4[nH]ccc34)Oc3cncc(c3)-c3nc2nn3C)c1)C(=O)O. The van der Waals surface area contributed by atoms with Gasteiger partial charge >= 0.3 is 5.97 Å². The third-order valence-corrected chi connectivity index (χ3v) is 10.8. The molecule has 4 bridgehead atoms. The minimum Gasteiger partial charge on any atom is -0.481 e. The molecule has 0 saturated heterocycles. The van der Waals surface area contributed by atoms with E-state index in [4.69, 9.17) is 14.8 Å². The number of aromatic nitrogens is 5. The van der Waals surface area contributed by atoms with Crippen molar-refractivity contribution in [2.24, 2.45) is 18.4 Å². The molecule has 246 valence electrons. The molecule has 10 heteroatoms. The highest BCUT2D eigenvalue weighted by molar-refractivity contribution is 7.99. The molecule has 1 aliphatic heterocycles. The van der Waals surface area contributed by atoms with Crippen LogP contribution in [0.1, 0.15) is 69.5 Å². The lowest BCUT2D eigenvalue weighted by Crippen LogP contribution is -2.27. The van der Waals surface area contributed by atoms with Gasteiger partial charge in [0, 0.05) is 47.5 Å². The maximum Gasteiger partial charge on any atom is 0.306 e. The van der Waals surface area contributed by atoms with Gasteiger partial charge in [-0.05, 0) is 72.8 Å². The average molecular weight is 656 g/mol.